The van der Waals surface area contributed by atoms with Gasteiger partial charge in [0.25, 0.3) is 5.91 Å². The molecular formula is C54H68N10O12S2. The van der Waals surface area contributed by atoms with Crippen molar-refractivity contribution >= 4 is 90.7 Å². The number of carbonyl (C=O) groups is 6. The number of likely N-dealkylation sites (N-methyl/N-ethyl adjacent to an activating group) is 2. The van der Waals surface area contributed by atoms with Crippen LogP contribution in [0.2, 0.25) is 0 Å². The van der Waals surface area contributed by atoms with E-state index in [9.17, 15) is 33.9 Å². The fourth-order valence-corrected chi connectivity index (χ4v) is 6.31. The van der Waals surface area contributed by atoms with Crippen molar-refractivity contribution in [2.45, 2.75) is 78.0 Å². The second-order valence-corrected chi connectivity index (χ2v) is 18.6. The number of fused-ring (bicyclic) bond motifs is 2. The molecule has 0 unspecified atom stereocenters. The Morgan fingerprint density at radius 2 is 1.03 bits per heavy atom. The molecular weight excluding hydrogens is 1040 g/mol. The van der Waals surface area contributed by atoms with Gasteiger partial charge in [0.2, 0.25) is 0 Å². The zero-order valence-electron chi connectivity index (χ0n) is 44.7. The third-order valence-corrected chi connectivity index (χ3v) is 10.3. The maximum Gasteiger partial charge on any atom is 0.412 e. The molecule has 418 valence electrons. The molecule has 0 aliphatic heterocycles. The van der Waals surface area contributed by atoms with E-state index in [2.05, 4.69) is 35.9 Å². The lowest BCUT2D eigenvalue weighted by atomic mass is 10.1. The Kier molecular flexibility index (Phi) is 27.8. The number of amides is 6. The van der Waals surface area contributed by atoms with Crippen LogP contribution in [0.25, 0.3) is 32.0 Å². The molecule has 2 atom stereocenters. The van der Waals surface area contributed by atoms with Crippen LogP contribution in [0.1, 0.15) is 63.2 Å². The molecule has 0 saturated carbocycles. The quantitative estimate of drug-likeness (QED) is 0.0322. The molecule has 78 heavy (non-hydrogen) atoms. The second kappa shape index (κ2) is 33.0. The van der Waals surface area contributed by atoms with E-state index in [1.54, 1.807) is 66.1 Å². The van der Waals surface area contributed by atoms with Crippen LogP contribution in [-0.2, 0) is 36.9 Å². The maximum absolute atomic E-state index is 12.6. The molecule has 6 rings (SSSR count). The number of hydrogen-bond donors (Lipinski definition) is 4. The summed E-state index contributed by atoms with van der Waals surface area (Å²) in [5, 5.41) is 23.8. The monoisotopic (exact) mass is 1110 g/mol. The number of nitrogens with zero attached hydrogens (tertiary/aromatic N) is 7. The third-order valence-electron chi connectivity index (χ3n) is 10.3. The van der Waals surface area contributed by atoms with E-state index in [0.717, 1.165) is 32.7 Å². The summed E-state index contributed by atoms with van der Waals surface area (Å²) in [6, 6.07) is 35.6. The van der Waals surface area contributed by atoms with Crippen molar-refractivity contribution in [3.8, 4) is 0 Å². The lowest BCUT2D eigenvalue weighted by Gasteiger charge is -2.30. The van der Waals surface area contributed by atoms with Gasteiger partial charge < -0.3 is 49.2 Å². The highest BCUT2D eigenvalue weighted by Crippen LogP contribution is 2.18. The molecule has 4 aromatic carbocycles. The summed E-state index contributed by atoms with van der Waals surface area (Å²) in [6.07, 6.45) is -0.00822. The molecule has 6 amide bonds. The Morgan fingerprint density at radius 1 is 0.603 bits per heavy atom. The number of carbonyl (C=O) groups excluding carboxylic acids is 6. The van der Waals surface area contributed by atoms with Gasteiger partial charge in [0.05, 0.1) is 18.7 Å². The molecule has 0 aliphatic carbocycles. The van der Waals surface area contributed by atoms with Gasteiger partial charge in [-0.05, 0) is 86.2 Å². The summed E-state index contributed by atoms with van der Waals surface area (Å²) in [5.74, 6) is -0.341. The van der Waals surface area contributed by atoms with Gasteiger partial charge in [-0.2, -0.15) is 27.0 Å². The van der Waals surface area contributed by atoms with Gasteiger partial charge in [0.1, 0.15) is 42.5 Å². The standard InChI is InChI=1S/C27H32N4O6.C17H26N2O5.C10H6N4O.2H2S/c1-27(2,3)37-26(34)31(4)22(16-29-24(32)35-17-19-10-6-5-7-11-19)18-36-25(33)30-23-14-20-12-8-9-13-21(20)15-28-23;1-17(2,3)24-16(22)19(4)14(11-20)10-18-15(21)23-12-13-8-6-5-7-9-13;11-14-13-10(15)9-5-7-3-1-2-4-8(7)6-12-9;;/h5-15,22H,16-18H2,1-4H3,(H,29,32)(H,28,30,33);5-9,14,20H,10-12H2,1-4H3,(H,18,21);1-6H;2*1H2/t22-;14-;;;/m00.../s1. The number of aromatic nitrogens is 2. The molecule has 6 aromatic rings. The van der Waals surface area contributed by atoms with E-state index in [1.165, 1.54) is 23.9 Å². The topological polar surface area (TPSA) is 286 Å². The fraction of sp³-hybridized carbons (Fsp3) is 0.333. The van der Waals surface area contributed by atoms with E-state index >= 15 is 0 Å². The van der Waals surface area contributed by atoms with Gasteiger partial charge >= 0.3 is 30.5 Å². The number of aliphatic hydroxyl groups is 1. The summed E-state index contributed by atoms with van der Waals surface area (Å²) in [4.78, 5) is 85.2. The first-order chi connectivity index (χ1) is 36.1. The zero-order valence-corrected chi connectivity index (χ0v) is 46.7. The molecule has 0 fully saturated rings. The van der Waals surface area contributed by atoms with E-state index in [0.29, 0.717) is 5.82 Å². The number of nitrogens with one attached hydrogen (secondary N) is 3. The highest BCUT2D eigenvalue weighted by molar-refractivity contribution is 7.59. The number of ether oxygens (including phenoxy) is 5. The predicted octanol–water partition coefficient (Wildman–Crippen LogP) is 10.00. The van der Waals surface area contributed by atoms with E-state index in [1.807, 2.05) is 109 Å². The Labute approximate surface area is 466 Å². The van der Waals surface area contributed by atoms with E-state index in [4.69, 9.17) is 29.2 Å². The van der Waals surface area contributed by atoms with Crippen LogP contribution in [0.5, 0.6) is 0 Å². The number of benzene rings is 4. The van der Waals surface area contributed by atoms with Crippen LogP contribution in [0.4, 0.5) is 29.8 Å². The number of alkyl carbamates (subject to hydrolysis) is 2. The van der Waals surface area contributed by atoms with E-state index in [-0.39, 0.29) is 72.2 Å². The van der Waals surface area contributed by atoms with Crippen molar-refractivity contribution in [3.05, 3.63) is 161 Å². The molecule has 24 heteroatoms. The van der Waals surface area contributed by atoms with Crippen molar-refractivity contribution in [3.63, 3.8) is 0 Å². The first-order valence-corrected chi connectivity index (χ1v) is 23.8. The number of pyridine rings is 2. The summed E-state index contributed by atoms with van der Waals surface area (Å²) < 4.78 is 26.3. The van der Waals surface area contributed by atoms with Crippen molar-refractivity contribution in [2.24, 2.45) is 5.11 Å². The number of rotatable bonds is 15. The normalized spacial score (nSPS) is 11.2. The Morgan fingerprint density at radius 3 is 1.49 bits per heavy atom. The van der Waals surface area contributed by atoms with Crippen LogP contribution in [0.15, 0.2) is 139 Å². The summed E-state index contributed by atoms with van der Waals surface area (Å²) in [7, 11) is 3.01. The number of azide groups is 1. The molecule has 0 bridgehead atoms. The highest BCUT2D eigenvalue weighted by atomic mass is 32.1. The SMILES string of the molecule is CN(C(=O)OC(C)(C)C)[C@@H](CNC(=O)OCc1ccccc1)COC(=O)Nc1cc2ccccc2cn1.CN(C(=O)OC(C)(C)C)[C@H](CO)CNC(=O)OCc1ccccc1.S.S.[N-]=[N+]=NC(=O)c1cc2ccccc2cn1. The molecule has 2 aromatic heterocycles. The van der Waals surface area contributed by atoms with Crippen LogP contribution in [0.3, 0.4) is 0 Å². The van der Waals surface area contributed by atoms with Crippen molar-refractivity contribution in [1.29, 1.82) is 0 Å². The lowest BCUT2D eigenvalue weighted by molar-refractivity contribution is 0.0146. The van der Waals surface area contributed by atoms with Gasteiger partial charge in [0, 0.05) is 55.3 Å². The lowest BCUT2D eigenvalue weighted by Crippen LogP contribution is -2.49. The van der Waals surface area contributed by atoms with Gasteiger partial charge in [-0.15, -0.1) is 0 Å². The van der Waals surface area contributed by atoms with Gasteiger partial charge in [-0.3, -0.25) is 15.1 Å². The predicted molar refractivity (Wildman–Crippen MR) is 305 cm³/mol. The average Bonchev–Trinajstić information content (AvgIpc) is 3.39. The van der Waals surface area contributed by atoms with Crippen LogP contribution < -0.4 is 16.0 Å². The minimum Gasteiger partial charge on any atom is -0.447 e. The third kappa shape index (κ3) is 24.1. The first kappa shape index (κ1) is 65.8. The minimum atomic E-state index is -0.753. The molecule has 0 radical (unpaired) electrons. The largest absolute Gasteiger partial charge is 0.447 e. The second-order valence-electron chi connectivity index (χ2n) is 18.6. The molecule has 4 N–H and O–H groups in total. The number of hydrogen-bond acceptors (Lipinski definition) is 14. The summed E-state index contributed by atoms with van der Waals surface area (Å²) >= 11 is 0. The van der Waals surface area contributed by atoms with Gasteiger partial charge in [-0.25, -0.2) is 29.0 Å². The fourth-order valence-electron chi connectivity index (χ4n) is 6.31. The molecule has 0 saturated heterocycles. The van der Waals surface area contributed by atoms with Gasteiger partial charge in [-0.1, -0.05) is 109 Å². The molecule has 0 spiro atoms. The number of anilines is 1. The smallest absolute Gasteiger partial charge is 0.412 e. The van der Waals surface area contributed by atoms with Crippen molar-refractivity contribution in [1.82, 2.24) is 30.4 Å². The molecule has 0 aliphatic rings. The van der Waals surface area contributed by atoms with Crippen LogP contribution >= 0.6 is 27.0 Å². The highest BCUT2D eigenvalue weighted by Gasteiger charge is 2.28. The maximum atomic E-state index is 12.6. The average molecular weight is 1110 g/mol. The Hall–Kier alpha value is -8.31. The molecule has 22 nitrogen and oxygen atoms in total. The number of aliphatic hydroxyl groups excluding tert-OH is 1. The Bertz CT molecular complexity index is 2920. The van der Waals surface area contributed by atoms with E-state index < -0.39 is 59.7 Å². The summed E-state index contributed by atoms with van der Waals surface area (Å²) in [6.45, 7) is 10.2. The Balaban J connectivity index is 0.000000434. The first-order valence-electron chi connectivity index (χ1n) is 23.8. The van der Waals surface area contributed by atoms with Crippen LogP contribution in [0, 0.1) is 0 Å². The summed E-state index contributed by atoms with van der Waals surface area (Å²) in [5.41, 5.74) is 8.63. The zero-order chi connectivity index (χ0) is 55.7. The van der Waals surface area contributed by atoms with Crippen molar-refractivity contribution in [2.75, 3.05) is 45.7 Å². The van der Waals surface area contributed by atoms with Crippen LogP contribution in [-0.4, -0.2) is 125 Å². The molecule has 2 heterocycles. The van der Waals surface area contributed by atoms with Gasteiger partial charge in [0.15, 0.2) is 0 Å². The van der Waals surface area contributed by atoms with Crippen molar-refractivity contribution < 1.29 is 57.6 Å². The minimum absolute atomic E-state index is 0.